The van der Waals surface area contributed by atoms with Crippen LogP contribution in [0.25, 0.3) is 0 Å². The first kappa shape index (κ1) is 15.8. The zero-order chi connectivity index (χ0) is 15.1. The maximum atomic E-state index is 13.6. The SMILES string of the molecule is CCCNCc1ccc(OCc2c(F)cccc2Cl)cc1. The van der Waals surface area contributed by atoms with E-state index in [9.17, 15) is 4.39 Å². The molecule has 0 saturated carbocycles. The van der Waals surface area contributed by atoms with Crippen LogP contribution in [0.3, 0.4) is 0 Å². The number of halogens is 2. The Kier molecular flexibility index (Phi) is 6.03. The molecule has 0 bridgehead atoms. The molecule has 0 heterocycles. The lowest BCUT2D eigenvalue weighted by Crippen LogP contribution is -2.13. The number of ether oxygens (including phenoxy) is 1. The van der Waals surface area contributed by atoms with Crippen LogP contribution in [0.4, 0.5) is 4.39 Å². The molecule has 0 spiro atoms. The van der Waals surface area contributed by atoms with Crippen LogP contribution in [-0.4, -0.2) is 6.54 Å². The summed E-state index contributed by atoms with van der Waals surface area (Å²) in [5.74, 6) is 0.358. The molecule has 0 saturated heterocycles. The molecular formula is C17H19ClFNO. The number of benzene rings is 2. The van der Waals surface area contributed by atoms with Gasteiger partial charge in [-0.3, -0.25) is 0 Å². The van der Waals surface area contributed by atoms with Gasteiger partial charge in [-0.05, 0) is 42.8 Å². The Morgan fingerprint density at radius 1 is 1.14 bits per heavy atom. The molecule has 2 aromatic rings. The van der Waals surface area contributed by atoms with Gasteiger partial charge in [0.2, 0.25) is 0 Å². The second-order valence-electron chi connectivity index (χ2n) is 4.81. The van der Waals surface area contributed by atoms with E-state index in [0.29, 0.717) is 16.3 Å². The Bertz CT molecular complexity index is 551. The molecule has 0 fully saturated rings. The second-order valence-corrected chi connectivity index (χ2v) is 5.22. The lowest BCUT2D eigenvalue weighted by atomic mass is 10.2. The van der Waals surface area contributed by atoms with E-state index < -0.39 is 0 Å². The molecule has 0 aliphatic heterocycles. The maximum Gasteiger partial charge on any atom is 0.131 e. The van der Waals surface area contributed by atoms with Crippen LogP contribution in [0.15, 0.2) is 42.5 Å². The Morgan fingerprint density at radius 2 is 1.90 bits per heavy atom. The van der Waals surface area contributed by atoms with E-state index in [4.69, 9.17) is 16.3 Å². The van der Waals surface area contributed by atoms with Gasteiger partial charge in [0.1, 0.15) is 18.2 Å². The monoisotopic (exact) mass is 307 g/mol. The van der Waals surface area contributed by atoms with Gasteiger partial charge in [0.15, 0.2) is 0 Å². The van der Waals surface area contributed by atoms with Crippen molar-refractivity contribution >= 4 is 11.6 Å². The fraction of sp³-hybridized carbons (Fsp3) is 0.294. The maximum absolute atomic E-state index is 13.6. The van der Waals surface area contributed by atoms with E-state index in [0.717, 1.165) is 19.5 Å². The summed E-state index contributed by atoms with van der Waals surface area (Å²) in [5, 5.41) is 3.72. The van der Waals surface area contributed by atoms with Crippen molar-refractivity contribution < 1.29 is 9.13 Å². The zero-order valence-corrected chi connectivity index (χ0v) is 12.8. The Hall–Kier alpha value is -1.58. The summed E-state index contributed by atoms with van der Waals surface area (Å²) < 4.78 is 19.2. The summed E-state index contributed by atoms with van der Waals surface area (Å²) in [6.07, 6.45) is 1.12. The van der Waals surface area contributed by atoms with E-state index in [-0.39, 0.29) is 12.4 Å². The average Bonchev–Trinajstić information content (AvgIpc) is 2.48. The number of hydrogen-bond acceptors (Lipinski definition) is 2. The summed E-state index contributed by atoms with van der Waals surface area (Å²) in [5.41, 5.74) is 1.58. The third kappa shape index (κ3) is 4.73. The molecule has 2 rings (SSSR count). The largest absolute Gasteiger partial charge is 0.489 e. The van der Waals surface area contributed by atoms with Gasteiger partial charge in [-0.15, -0.1) is 0 Å². The van der Waals surface area contributed by atoms with Crippen LogP contribution >= 0.6 is 11.6 Å². The molecule has 112 valence electrons. The van der Waals surface area contributed by atoms with E-state index in [1.807, 2.05) is 24.3 Å². The van der Waals surface area contributed by atoms with E-state index in [1.165, 1.54) is 11.6 Å². The van der Waals surface area contributed by atoms with E-state index in [1.54, 1.807) is 12.1 Å². The fourth-order valence-corrected chi connectivity index (χ4v) is 2.16. The van der Waals surface area contributed by atoms with Gasteiger partial charge in [-0.25, -0.2) is 4.39 Å². The summed E-state index contributed by atoms with van der Waals surface area (Å²) in [6, 6.07) is 12.4. The molecule has 1 N–H and O–H groups in total. The minimum absolute atomic E-state index is 0.124. The quantitative estimate of drug-likeness (QED) is 0.757. The van der Waals surface area contributed by atoms with Crippen molar-refractivity contribution in [3.8, 4) is 5.75 Å². The van der Waals surface area contributed by atoms with Crippen LogP contribution in [0.2, 0.25) is 5.02 Å². The first-order valence-electron chi connectivity index (χ1n) is 7.06. The van der Waals surface area contributed by atoms with Crippen molar-refractivity contribution in [3.05, 3.63) is 64.4 Å². The summed E-state index contributed by atoms with van der Waals surface area (Å²) in [4.78, 5) is 0. The van der Waals surface area contributed by atoms with Gasteiger partial charge in [0, 0.05) is 12.1 Å². The zero-order valence-electron chi connectivity index (χ0n) is 12.0. The van der Waals surface area contributed by atoms with Crippen LogP contribution < -0.4 is 10.1 Å². The molecule has 0 amide bonds. The van der Waals surface area contributed by atoms with Crippen molar-refractivity contribution in [2.24, 2.45) is 0 Å². The van der Waals surface area contributed by atoms with Gasteiger partial charge in [0.05, 0.1) is 5.02 Å². The molecule has 0 aromatic heterocycles. The summed E-state index contributed by atoms with van der Waals surface area (Å²) in [6.45, 7) is 4.11. The summed E-state index contributed by atoms with van der Waals surface area (Å²) in [7, 11) is 0. The fourth-order valence-electron chi connectivity index (χ4n) is 1.94. The highest BCUT2D eigenvalue weighted by atomic mass is 35.5. The van der Waals surface area contributed by atoms with Crippen molar-refractivity contribution in [2.45, 2.75) is 26.5 Å². The van der Waals surface area contributed by atoms with Crippen molar-refractivity contribution in [1.29, 1.82) is 0 Å². The summed E-state index contributed by atoms with van der Waals surface area (Å²) >= 11 is 5.96. The molecular weight excluding hydrogens is 289 g/mol. The molecule has 0 radical (unpaired) electrons. The van der Waals surface area contributed by atoms with Gasteiger partial charge in [-0.2, -0.15) is 0 Å². The topological polar surface area (TPSA) is 21.3 Å². The molecule has 0 atom stereocenters. The van der Waals surface area contributed by atoms with Crippen LogP contribution in [-0.2, 0) is 13.2 Å². The van der Waals surface area contributed by atoms with Crippen molar-refractivity contribution in [3.63, 3.8) is 0 Å². The number of hydrogen-bond donors (Lipinski definition) is 1. The number of nitrogens with one attached hydrogen (secondary N) is 1. The molecule has 0 aliphatic rings. The third-order valence-electron chi connectivity index (χ3n) is 3.12. The Labute approximate surface area is 129 Å². The van der Waals surface area contributed by atoms with Crippen LogP contribution in [0.1, 0.15) is 24.5 Å². The smallest absolute Gasteiger partial charge is 0.131 e. The van der Waals surface area contributed by atoms with Crippen LogP contribution in [0.5, 0.6) is 5.75 Å². The number of rotatable bonds is 7. The lowest BCUT2D eigenvalue weighted by molar-refractivity contribution is 0.300. The van der Waals surface area contributed by atoms with E-state index >= 15 is 0 Å². The second kappa shape index (κ2) is 8.01. The normalized spacial score (nSPS) is 10.6. The molecule has 0 aliphatic carbocycles. The average molecular weight is 308 g/mol. The minimum Gasteiger partial charge on any atom is -0.489 e. The first-order valence-corrected chi connectivity index (χ1v) is 7.44. The van der Waals surface area contributed by atoms with Gasteiger partial charge in [0.25, 0.3) is 0 Å². The highest BCUT2D eigenvalue weighted by molar-refractivity contribution is 6.31. The van der Waals surface area contributed by atoms with Gasteiger partial charge < -0.3 is 10.1 Å². The lowest BCUT2D eigenvalue weighted by Gasteiger charge is -2.09. The van der Waals surface area contributed by atoms with Crippen molar-refractivity contribution in [1.82, 2.24) is 5.32 Å². The predicted octanol–water partition coefficient (Wildman–Crippen LogP) is 4.56. The highest BCUT2D eigenvalue weighted by Crippen LogP contribution is 2.21. The predicted molar refractivity (Wildman–Crippen MR) is 84.2 cm³/mol. The van der Waals surface area contributed by atoms with Gasteiger partial charge in [-0.1, -0.05) is 36.7 Å². The minimum atomic E-state index is -0.345. The van der Waals surface area contributed by atoms with Crippen LogP contribution in [0, 0.1) is 5.82 Å². The third-order valence-corrected chi connectivity index (χ3v) is 3.48. The molecule has 2 aromatic carbocycles. The Morgan fingerprint density at radius 3 is 2.57 bits per heavy atom. The standard InChI is InChI=1S/C17H19ClFNO/c1-2-10-20-11-13-6-8-14(9-7-13)21-12-15-16(18)4-3-5-17(15)19/h3-9,20H,2,10-12H2,1H3. The Balaban J connectivity index is 1.92. The molecule has 2 nitrogen and oxygen atoms in total. The van der Waals surface area contributed by atoms with Gasteiger partial charge >= 0.3 is 0 Å². The highest BCUT2D eigenvalue weighted by Gasteiger charge is 2.07. The first-order chi connectivity index (χ1) is 10.2. The molecule has 21 heavy (non-hydrogen) atoms. The molecule has 4 heteroatoms. The molecule has 0 unspecified atom stereocenters. The van der Waals surface area contributed by atoms with Crippen molar-refractivity contribution in [2.75, 3.05) is 6.54 Å². The van der Waals surface area contributed by atoms with E-state index in [2.05, 4.69) is 12.2 Å².